The molecule has 0 heterocycles. The molecule has 0 aliphatic carbocycles. The third-order valence-electron chi connectivity index (χ3n) is 2.39. The van der Waals surface area contributed by atoms with Crippen LogP contribution >= 0.6 is 34.4 Å². The summed E-state index contributed by atoms with van der Waals surface area (Å²) < 4.78 is 1.14. The molecule has 0 saturated carbocycles. The van der Waals surface area contributed by atoms with Crippen molar-refractivity contribution >= 4 is 51.4 Å². The van der Waals surface area contributed by atoms with Crippen LogP contribution in [0.15, 0.2) is 47.4 Å². The molecular weight excluding hydrogens is 343 g/mol. The molecule has 2 aromatic rings. The van der Waals surface area contributed by atoms with Crippen molar-refractivity contribution in [3.05, 3.63) is 46.0 Å². The van der Waals surface area contributed by atoms with Gasteiger partial charge in [0.1, 0.15) is 0 Å². The van der Waals surface area contributed by atoms with Crippen LogP contribution in [0.5, 0.6) is 0 Å². The second-order valence-electron chi connectivity index (χ2n) is 3.56. The van der Waals surface area contributed by atoms with Gasteiger partial charge in [-0.15, -0.1) is 11.8 Å². The summed E-state index contributed by atoms with van der Waals surface area (Å²) in [6.07, 6.45) is 2.07. The molecule has 88 valence electrons. The van der Waals surface area contributed by atoms with E-state index in [1.807, 2.05) is 30.3 Å². The zero-order valence-corrected chi connectivity index (χ0v) is 12.4. The molecule has 0 aliphatic rings. The highest BCUT2D eigenvalue weighted by atomic mass is 127. The van der Waals surface area contributed by atoms with Gasteiger partial charge >= 0.3 is 0 Å². The summed E-state index contributed by atoms with van der Waals surface area (Å²) in [5.41, 5.74) is 8.80. The Morgan fingerprint density at radius 1 is 1.12 bits per heavy atom. The van der Waals surface area contributed by atoms with Crippen LogP contribution in [0, 0.1) is 3.57 Å². The lowest BCUT2D eigenvalue weighted by Gasteiger charge is -2.12. The predicted molar refractivity (Wildman–Crippen MR) is 85.1 cm³/mol. The molecular formula is C13H13IN2S. The van der Waals surface area contributed by atoms with Crippen LogP contribution in [0.4, 0.5) is 17.1 Å². The van der Waals surface area contributed by atoms with Gasteiger partial charge in [-0.3, -0.25) is 0 Å². The van der Waals surface area contributed by atoms with Crippen molar-refractivity contribution in [1.82, 2.24) is 0 Å². The van der Waals surface area contributed by atoms with Crippen LogP contribution in [0.3, 0.4) is 0 Å². The van der Waals surface area contributed by atoms with E-state index in [1.54, 1.807) is 11.8 Å². The molecule has 0 radical (unpaired) electrons. The minimum absolute atomic E-state index is 0.771. The van der Waals surface area contributed by atoms with E-state index in [1.165, 1.54) is 4.90 Å². The Bertz CT molecular complexity index is 529. The van der Waals surface area contributed by atoms with Gasteiger partial charge in [0.25, 0.3) is 0 Å². The normalized spacial score (nSPS) is 10.2. The summed E-state index contributed by atoms with van der Waals surface area (Å²) >= 11 is 3.97. The molecule has 0 spiro atoms. The van der Waals surface area contributed by atoms with E-state index in [9.17, 15) is 0 Å². The molecule has 0 amide bonds. The lowest BCUT2D eigenvalue weighted by molar-refractivity contribution is 1.41. The lowest BCUT2D eigenvalue weighted by atomic mass is 10.2. The zero-order valence-electron chi connectivity index (χ0n) is 9.41. The number of para-hydroxylation sites is 1. The minimum atomic E-state index is 0.771. The number of anilines is 3. The third-order valence-corrected chi connectivity index (χ3v) is 3.86. The van der Waals surface area contributed by atoms with Gasteiger partial charge < -0.3 is 11.1 Å². The summed E-state index contributed by atoms with van der Waals surface area (Å²) in [5, 5.41) is 3.37. The SMILES string of the molecule is CSc1ccccc1Nc1ccc(I)cc1N. The number of nitrogens with one attached hydrogen (secondary N) is 1. The summed E-state index contributed by atoms with van der Waals surface area (Å²) in [4.78, 5) is 1.21. The first-order valence-corrected chi connectivity index (χ1v) is 7.46. The number of hydrogen-bond acceptors (Lipinski definition) is 3. The molecule has 0 atom stereocenters. The first-order valence-electron chi connectivity index (χ1n) is 5.16. The van der Waals surface area contributed by atoms with Gasteiger partial charge in [-0.1, -0.05) is 12.1 Å². The van der Waals surface area contributed by atoms with Gasteiger partial charge in [0.15, 0.2) is 0 Å². The summed E-state index contributed by atoms with van der Waals surface area (Å²) in [6.45, 7) is 0. The van der Waals surface area contributed by atoms with Gasteiger partial charge in [0, 0.05) is 8.47 Å². The largest absolute Gasteiger partial charge is 0.397 e. The fourth-order valence-corrected chi connectivity index (χ4v) is 2.61. The van der Waals surface area contributed by atoms with Crippen LogP contribution in [0.1, 0.15) is 0 Å². The highest BCUT2D eigenvalue weighted by Crippen LogP contribution is 2.30. The third kappa shape index (κ3) is 3.07. The average Bonchev–Trinajstić information content (AvgIpc) is 2.33. The first-order chi connectivity index (χ1) is 8.20. The molecule has 0 saturated heterocycles. The highest BCUT2D eigenvalue weighted by molar-refractivity contribution is 14.1. The minimum Gasteiger partial charge on any atom is -0.397 e. The monoisotopic (exact) mass is 356 g/mol. The maximum absolute atomic E-state index is 5.99. The second kappa shape index (κ2) is 5.64. The number of halogens is 1. The summed E-state index contributed by atoms with van der Waals surface area (Å²) in [6, 6.07) is 14.2. The maximum Gasteiger partial charge on any atom is 0.0618 e. The summed E-state index contributed by atoms with van der Waals surface area (Å²) in [5.74, 6) is 0. The summed E-state index contributed by atoms with van der Waals surface area (Å²) in [7, 11) is 0. The first kappa shape index (κ1) is 12.6. The van der Waals surface area contributed by atoms with Gasteiger partial charge in [-0.2, -0.15) is 0 Å². The molecule has 0 aliphatic heterocycles. The van der Waals surface area contributed by atoms with Gasteiger partial charge in [-0.25, -0.2) is 0 Å². The van der Waals surface area contributed by atoms with Crippen LogP contribution in [0.2, 0.25) is 0 Å². The molecule has 0 unspecified atom stereocenters. The number of benzene rings is 2. The van der Waals surface area contributed by atoms with Crippen LogP contribution in [0.25, 0.3) is 0 Å². The van der Waals surface area contributed by atoms with E-state index >= 15 is 0 Å². The van der Waals surface area contributed by atoms with Crippen LogP contribution in [-0.4, -0.2) is 6.26 Å². The molecule has 4 heteroatoms. The van der Waals surface area contributed by atoms with Gasteiger partial charge in [0.2, 0.25) is 0 Å². The predicted octanol–water partition coefficient (Wildman–Crippen LogP) is 4.34. The van der Waals surface area contributed by atoms with Gasteiger partial charge in [-0.05, 0) is 59.2 Å². The van der Waals surface area contributed by atoms with Crippen LogP contribution in [-0.2, 0) is 0 Å². The Morgan fingerprint density at radius 3 is 2.59 bits per heavy atom. The lowest BCUT2D eigenvalue weighted by Crippen LogP contribution is -1.97. The Balaban J connectivity index is 2.31. The van der Waals surface area contributed by atoms with E-state index in [0.717, 1.165) is 20.6 Å². The Morgan fingerprint density at radius 2 is 1.88 bits per heavy atom. The fourth-order valence-electron chi connectivity index (χ4n) is 1.54. The average molecular weight is 356 g/mol. The van der Waals surface area contributed by atoms with Crippen molar-refractivity contribution in [2.45, 2.75) is 4.90 Å². The molecule has 0 bridgehead atoms. The number of nitrogen functional groups attached to an aromatic ring is 1. The quantitative estimate of drug-likeness (QED) is 0.488. The van der Waals surface area contributed by atoms with Crippen molar-refractivity contribution in [2.24, 2.45) is 0 Å². The second-order valence-corrected chi connectivity index (χ2v) is 5.65. The number of rotatable bonds is 3. The number of thioether (sulfide) groups is 1. The standard InChI is InChI=1S/C13H13IN2S/c1-17-13-5-3-2-4-12(13)16-11-7-6-9(14)8-10(11)15/h2-8,16H,15H2,1H3. The van der Waals surface area contributed by atoms with Crippen molar-refractivity contribution in [3.8, 4) is 0 Å². The molecule has 2 aromatic carbocycles. The van der Waals surface area contributed by atoms with E-state index in [0.29, 0.717) is 0 Å². The molecule has 0 fully saturated rings. The van der Waals surface area contributed by atoms with Crippen molar-refractivity contribution in [2.75, 3.05) is 17.3 Å². The van der Waals surface area contributed by atoms with Crippen LogP contribution < -0.4 is 11.1 Å². The Hall–Kier alpha value is -0.880. The Kier molecular flexibility index (Phi) is 4.17. The van der Waals surface area contributed by atoms with E-state index in [4.69, 9.17) is 5.73 Å². The molecule has 17 heavy (non-hydrogen) atoms. The van der Waals surface area contributed by atoms with Crippen molar-refractivity contribution in [3.63, 3.8) is 0 Å². The van der Waals surface area contributed by atoms with Crippen molar-refractivity contribution < 1.29 is 0 Å². The Labute approximate surface area is 119 Å². The number of nitrogens with two attached hydrogens (primary N) is 1. The van der Waals surface area contributed by atoms with E-state index in [2.05, 4.69) is 46.3 Å². The molecule has 3 N–H and O–H groups in total. The zero-order chi connectivity index (χ0) is 12.3. The number of hydrogen-bond donors (Lipinski definition) is 2. The topological polar surface area (TPSA) is 38.0 Å². The van der Waals surface area contributed by atoms with Crippen molar-refractivity contribution in [1.29, 1.82) is 0 Å². The molecule has 2 nitrogen and oxygen atoms in total. The molecule has 2 rings (SSSR count). The smallest absolute Gasteiger partial charge is 0.0618 e. The molecule has 0 aromatic heterocycles. The maximum atomic E-state index is 5.99. The van der Waals surface area contributed by atoms with E-state index in [-0.39, 0.29) is 0 Å². The fraction of sp³-hybridized carbons (Fsp3) is 0.0769. The van der Waals surface area contributed by atoms with E-state index < -0.39 is 0 Å². The highest BCUT2D eigenvalue weighted by Gasteiger charge is 2.03. The van der Waals surface area contributed by atoms with Gasteiger partial charge in [0.05, 0.1) is 17.1 Å².